The number of halogens is 1. The first-order chi connectivity index (χ1) is 9.25. The predicted molar refractivity (Wildman–Crippen MR) is 83.7 cm³/mol. The highest BCUT2D eigenvalue weighted by Gasteiger charge is 2.69. The quantitative estimate of drug-likeness (QED) is 0.394. The molecule has 0 heterocycles. The topological polar surface area (TPSA) is 46.5 Å². The molecule has 0 spiro atoms. The summed E-state index contributed by atoms with van der Waals surface area (Å²) >= 11 is 0. The zero-order chi connectivity index (χ0) is 15.1. The lowest BCUT2D eigenvalue weighted by Gasteiger charge is -2.36. The molecule has 122 valence electrons. The number of aliphatic hydroxyl groups excluding tert-OH is 1. The Hall–Kier alpha value is -0.0000000000000000555. The van der Waals surface area contributed by atoms with Gasteiger partial charge in [-0.1, -0.05) is 20.8 Å². The average molecular weight is 379 g/mol. The van der Waals surface area contributed by atoms with Gasteiger partial charge >= 0.3 is 5.97 Å². The largest absolute Gasteiger partial charge is 1.00 e. The second kappa shape index (κ2) is 6.63. The molecule has 2 rings (SSSR count). The number of aliphatic hydroxyl groups is 1. The van der Waals surface area contributed by atoms with Gasteiger partial charge in [-0.2, -0.15) is 0 Å². The van der Waals surface area contributed by atoms with Gasteiger partial charge in [0.15, 0.2) is 0 Å². The summed E-state index contributed by atoms with van der Waals surface area (Å²) < 4.78 is 4.61. The van der Waals surface area contributed by atoms with Crippen LogP contribution in [0.15, 0.2) is 12.2 Å². The minimum atomic E-state index is -0.303. The molecule has 1 unspecified atom stereocenters. The maximum Gasteiger partial charge on any atom is 0.330 e. The van der Waals surface area contributed by atoms with E-state index in [4.69, 9.17) is 0 Å². The van der Waals surface area contributed by atoms with Crippen LogP contribution in [0.3, 0.4) is 0 Å². The van der Waals surface area contributed by atoms with Crippen LogP contribution in [-0.4, -0.2) is 41.5 Å². The van der Waals surface area contributed by atoms with Crippen molar-refractivity contribution < 1.29 is 31.6 Å². The Morgan fingerprint density at radius 1 is 1.43 bits per heavy atom. The van der Waals surface area contributed by atoms with Crippen LogP contribution in [0.5, 0.6) is 0 Å². The van der Waals surface area contributed by atoms with Gasteiger partial charge in [-0.25, -0.2) is 4.79 Å². The molecule has 0 saturated heterocycles. The standard InChI is InChI=1S/C16H27O3S.BrH/c1-15(2)11-8-9-16(15,3)14(18)13(11)20(5)10-6-7-12(17)19-4;/h6-7,11,13-14,18H,8-10H2,1-5H3;1H/q+1;/p-1/b7-6+;/t11-,13-,14-,16+,20?;/m1./s1. The number of hydrogen-bond acceptors (Lipinski definition) is 3. The number of esters is 1. The minimum Gasteiger partial charge on any atom is -1.00 e. The number of ether oxygens (including phenoxy) is 1. The molecule has 21 heavy (non-hydrogen) atoms. The van der Waals surface area contributed by atoms with Crippen LogP contribution in [0.4, 0.5) is 0 Å². The summed E-state index contributed by atoms with van der Waals surface area (Å²) in [5, 5.41) is 11.2. The third kappa shape index (κ3) is 2.93. The molecule has 0 aliphatic heterocycles. The third-order valence-electron chi connectivity index (χ3n) is 6.01. The monoisotopic (exact) mass is 378 g/mol. The van der Waals surface area contributed by atoms with E-state index in [0.717, 1.165) is 12.2 Å². The Labute approximate surface area is 141 Å². The fraction of sp³-hybridized carbons (Fsp3) is 0.812. The van der Waals surface area contributed by atoms with Crippen molar-refractivity contribution in [2.24, 2.45) is 16.7 Å². The maximum atomic E-state index is 11.1. The summed E-state index contributed by atoms with van der Waals surface area (Å²) in [6.45, 7) is 6.88. The SMILES string of the molecule is COC(=O)/C=C/C[S+](C)[C@@H]1[C@H]2CC[C@@](C)([C@@H]1O)C2(C)C.[Br-]. The van der Waals surface area contributed by atoms with Gasteiger partial charge in [-0.15, -0.1) is 0 Å². The highest BCUT2D eigenvalue weighted by molar-refractivity contribution is 7.97. The molecular formula is C16H27BrO3S. The van der Waals surface area contributed by atoms with Gasteiger partial charge in [0, 0.05) is 17.4 Å². The molecule has 0 radical (unpaired) electrons. The van der Waals surface area contributed by atoms with E-state index in [9.17, 15) is 9.90 Å². The molecular weight excluding hydrogens is 352 g/mol. The van der Waals surface area contributed by atoms with Crippen LogP contribution in [0.1, 0.15) is 33.6 Å². The second-order valence-corrected chi connectivity index (χ2v) is 9.24. The molecule has 2 fully saturated rings. The van der Waals surface area contributed by atoms with Gasteiger partial charge in [0.2, 0.25) is 0 Å². The van der Waals surface area contributed by atoms with E-state index >= 15 is 0 Å². The number of rotatable bonds is 4. The molecule has 5 heteroatoms. The summed E-state index contributed by atoms with van der Waals surface area (Å²) in [5.74, 6) is 1.14. The summed E-state index contributed by atoms with van der Waals surface area (Å²) in [6, 6.07) is 0. The Kier molecular flexibility index (Phi) is 6.01. The molecule has 2 aliphatic carbocycles. The molecule has 0 aromatic heterocycles. The molecule has 0 aromatic carbocycles. The molecule has 3 nitrogen and oxygen atoms in total. The zero-order valence-corrected chi connectivity index (χ0v) is 16.0. The normalized spacial score (nSPS) is 38.3. The first-order valence-electron chi connectivity index (χ1n) is 7.29. The Balaban J connectivity index is 0.00000220. The molecule has 2 saturated carbocycles. The molecule has 0 amide bonds. The van der Waals surface area contributed by atoms with Gasteiger partial charge in [0.25, 0.3) is 0 Å². The van der Waals surface area contributed by atoms with Crippen molar-refractivity contribution >= 4 is 16.9 Å². The zero-order valence-electron chi connectivity index (χ0n) is 13.6. The first kappa shape index (κ1) is 19.0. The molecule has 0 aromatic rings. The maximum absolute atomic E-state index is 11.1. The summed E-state index contributed by atoms with van der Waals surface area (Å²) in [5.41, 5.74) is 0.264. The Morgan fingerprint density at radius 3 is 2.52 bits per heavy atom. The van der Waals surface area contributed by atoms with Crippen molar-refractivity contribution in [2.45, 2.75) is 45.0 Å². The lowest BCUT2D eigenvalue weighted by molar-refractivity contribution is -0.134. The van der Waals surface area contributed by atoms with Crippen molar-refractivity contribution in [1.29, 1.82) is 0 Å². The van der Waals surface area contributed by atoms with Gasteiger partial charge in [-0.3, -0.25) is 0 Å². The number of carbonyl (C=O) groups excluding carboxylic acids is 1. The highest BCUT2D eigenvalue weighted by atomic mass is 79.9. The van der Waals surface area contributed by atoms with E-state index in [0.29, 0.717) is 11.2 Å². The minimum absolute atomic E-state index is 0. The van der Waals surface area contributed by atoms with Crippen LogP contribution in [-0.2, 0) is 20.4 Å². The van der Waals surface area contributed by atoms with Gasteiger partial charge < -0.3 is 26.8 Å². The second-order valence-electron chi connectivity index (χ2n) is 6.98. The predicted octanol–water partition coefficient (Wildman–Crippen LogP) is -0.847. The van der Waals surface area contributed by atoms with E-state index in [1.54, 1.807) is 0 Å². The Morgan fingerprint density at radius 2 is 2.05 bits per heavy atom. The smallest absolute Gasteiger partial charge is 0.330 e. The van der Waals surface area contributed by atoms with Crippen molar-refractivity contribution in [3.63, 3.8) is 0 Å². The number of carbonyl (C=O) groups is 1. The molecule has 1 N–H and O–H groups in total. The average Bonchev–Trinajstić information content (AvgIpc) is 2.70. The van der Waals surface area contributed by atoms with Crippen molar-refractivity contribution in [1.82, 2.24) is 0 Å². The van der Waals surface area contributed by atoms with Crippen LogP contribution in [0, 0.1) is 16.7 Å². The van der Waals surface area contributed by atoms with Gasteiger partial charge in [-0.05, 0) is 35.2 Å². The lowest BCUT2D eigenvalue weighted by Crippen LogP contribution is -3.00. The van der Waals surface area contributed by atoms with Gasteiger partial charge in [0.1, 0.15) is 17.1 Å². The molecule has 2 aliphatic rings. The lowest BCUT2D eigenvalue weighted by atomic mass is 9.70. The summed E-state index contributed by atoms with van der Waals surface area (Å²) in [7, 11) is 1.48. The number of fused-ring (bicyclic) bond motifs is 2. The summed E-state index contributed by atoms with van der Waals surface area (Å²) in [4.78, 5) is 11.1. The van der Waals surface area contributed by atoms with Crippen LogP contribution in [0.2, 0.25) is 0 Å². The molecule has 2 bridgehead atoms. The van der Waals surface area contributed by atoms with E-state index < -0.39 is 0 Å². The van der Waals surface area contributed by atoms with Crippen molar-refractivity contribution in [3.8, 4) is 0 Å². The number of methoxy groups -OCH3 is 1. The Bertz CT molecular complexity index is 424. The highest BCUT2D eigenvalue weighted by Crippen LogP contribution is 2.66. The van der Waals surface area contributed by atoms with Gasteiger partial charge in [0.05, 0.1) is 13.4 Å². The summed E-state index contributed by atoms with van der Waals surface area (Å²) in [6.07, 6.45) is 7.76. The van der Waals surface area contributed by atoms with E-state index in [1.165, 1.54) is 19.6 Å². The number of hydrogen-bond donors (Lipinski definition) is 1. The van der Waals surface area contributed by atoms with Crippen molar-refractivity contribution in [3.05, 3.63) is 12.2 Å². The fourth-order valence-corrected chi connectivity index (χ4v) is 6.62. The first-order valence-corrected chi connectivity index (χ1v) is 9.16. The fourth-order valence-electron chi connectivity index (χ4n) is 4.22. The van der Waals surface area contributed by atoms with Crippen LogP contribution < -0.4 is 17.0 Å². The third-order valence-corrected chi connectivity index (χ3v) is 8.25. The molecule has 5 atom stereocenters. The van der Waals surface area contributed by atoms with E-state index in [1.807, 2.05) is 6.08 Å². The van der Waals surface area contributed by atoms with Crippen LogP contribution >= 0.6 is 0 Å². The van der Waals surface area contributed by atoms with E-state index in [2.05, 4.69) is 31.8 Å². The van der Waals surface area contributed by atoms with E-state index in [-0.39, 0.29) is 50.8 Å². The van der Waals surface area contributed by atoms with Crippen molar-refractivity contribution in [2.75, 3.05) is 19.1 Å². The van der Waals surface area contributed by atoms with Crippen LogP contribution in [0.25, 0.3) is 0 Å².